The summed E-state index contributed by atoms with van der Waals surface area (Å²) in [5, 5.41) is 11.1. The summed E-state index contributed by atoms with van der Waals surface area (Å²) in [6, 6.07) is -0.504. The van der Waals surface area contributed by atoms with Crippen molar-refractivity contribution in [3.8, 4) is 0 Å². The van der Waals surface area contributed by atoms with Crippen LogP contribution in [0.25, 0.3) is 0 Å². The van der Waals surface area contributed by atoms with Gasteiger partial charge in [-0.15, -0.1) is 0 Å². The van der Waals surface area contributed by atoms with Crippen LogP contribution in [0.15, 0.2) is 72.2 Å². The Hall–Kier alpha value is -4.37. The smallest absolute Gasteiger partial charge is 0.407 e. The highest BCUT2D eigenvalue weighted by atomic mass is 32.2. The molecule has 2 bridgehead atoms. The number of hydrogen-bond acceptors (Lipinski definition) is 7. The van der Waals surface area contributed by atoms with Crippen molar-refractivity contribution in [3.05, 3.63) is 72.2 Å². The minimum atomic E-state index is -1.32. The SMILES string of the molecule is C=C/C=C\C(=C\CS(=O)NC(=O)C1CC1CCCCCCCC)CC.CC.COC(C)(C)C.NC(=O)C1CCCN1C(=O)CNC=O.O=C(O)N1CC2=CC(C1)C(F)=CC=C2. The number of primary amides is 1. The fraction of sp³-hybridized carbons (Fsp3) is 0.630. The van der Waals surface area contributed by atoms with Crippen LogP contribution < -0.4 is 15.8 Å². The Bertz CT molecular complexity index is 1550. The maximum Gasteiger partial charge on any atom is 0.407 e. The number of nitrogens with zero attached hydrogens (tertiary/aromatic N) is 2. The molecule has 0 aromatic heterocycles. The molecule has 0 spiro atoms. The molecule has 1 saturated heterocycles. The van der Waals surface area contributed by atoms with Gasteiger partial charge in [0.25, 0.3) is 0 Å². The van der Waals surface area contributed by atoms with E-state index in [0.29, 0.717) is 37.6 Å². The fourth-order valence-electron chi connectivity index (χ4n) is 6.29. The number of carbonyl (C=O) groups is 5. The van der Waals surface area contributed by atoms with Gasteiger partial charge in [0, 0.05) is 38.6 Å². The molecule has 0 radical (unpaired) electrons. The summed E-state index contributed by atoms with van der Waals surface area (Å²) in [5.41, 5.74) is 7.13. The second kappa shape index (κ2) is 32.4. The lowest BCUT2D eigenvalue weighted by molar-refractivity contribution is -0.137. The monoisotopic (exact) mass is 878 g/mol. The second-order valence-electron chi connectivity index (χ2n) is 15.7. The van der Waals surface area contributed by atoms with E-state index in [2.05, 4.69) is 30.5 Å². The minimum Gasteiger partial charge on any atom is -0.465 e. The van der Waals surface area contributed by atoms with E-state index in [-0.39, 0.29) is 42.2 Å². The normalized spacial score (nSPS) is 20.5. The highest BCUT2D eigenvalue weighted by Crippen LogP contribution is 2.42. The molecule has 15 heteroatoms. The summed E-state index contributed by atoms with van der Waals surface area (Å²) in [7, 11) is 0.388. The number of allylic oxidation sites excluding steroid dienone is 6. The first-order chi connectivity index (χ1) is 29.0. The summed E-state index contributed by atoms with van der Waals surface area (Å²) in [4.78, 5) is 57.8. The molecule has 0 aromatic carbocycles. The van der Waals surface area contributed by atoms with Crippen LogP contribution in [0.4, 0.5) is 9.18 Å². The molecule has 5 unspecified atom stereocenters. The van der Waals surface area contributed by atoms with Gasteiger partial charge in [0.15, 0.2) is 0 Å². The molecule has 13 nitrogen and oxygen atoms in total. The fourth-order valence-corrected chi connectivity index (χ4v) is 7.12. The van der Waals surface area contributed by atoms with Gasteiger partial charge in [-0.1, -0.05) is 121 Å². The number of nitrogens with one attached hydrogen (secondary N) is 2. The van der Waals surface area contributed by atoms with Crippen molar-refractivity contribution in [2.45, 2.75) is 131 Å². The van der Waals surface area contributed by atoms with Crippen LogP contribution in [0.3, 0.4) is 0 Å². The lowest BCUT2D eigenvalue weighted by atomic mass is 10.0. The van der Waals surface area contributed by atoms with Crippen LogP contribution in [0.2, 0.25) is 0 Å². The maximum absolute atomic E-state index is 13.3. The van der Waals surface area contributed by atoms with Gasteiger partial charge >= 0.3 is 6.09 Å². The van der Waals surface area contributed by atoms with E-state index >= 15 is 0 Å². The molecule has 5 atom stereocenters. The lowest BCUT2D eigenvalue weighted by Gasteiger charge is -2.27. The third-order valence-electron chi connectivity index (χ3n) is 10.0. The third-order valence-corrected chi connectivity index (χ3v) is 10.9. The topological polar surface area (TPSA) is 188 Å². The number of likely N-dealkylation sites (tertiary alicyclic amines) is 1. The van der Waals surface area contributed by atoms with Gasteiger partial charge in [-0.05, 0) is 70.4 Å². The highest BCUT2D eigenvalue weighted by molar-refractivity contribution is 7.83. The number of nitrogens with two attached hydrogens (primary N) is 1. The van der Waals surface area contributed by atoms with Gasteiger partial charge in [-0.3, -0.25) is 23.9 Å². The van der Waals surface area contributed by atoms with Crippen molar-refractivity contribution in [2.24, 2.45) is 23.5 Å². The molecule has 0 aromatic rings. The molecule has 1 saturated carbocycles. The van der Waals surface area contributed by atoms with Crippen molar-refractivity contribution in [2.75, 3.05) is 39.0 Å². The zero-order valence-electron chi connectivity index (χ0n) is 38.1. The Kier molecular flexibility index (Phi) is 30.0. The summed E-state index contributed by atoms with van der Waals surface area (Å²) in [6.07, 6.45) is 25.6. The Balaban J connectivity index is 0.000000852. The quantitative estimate of drug-likeness (QED) is 0.0609. The van der Waals surface area contributed by atoms with E-state index in [1.807, 2.05) is 52.8 Å². The number of carbonyl (C=O) groups excluding carboxylic acids is 4. The number of fused-ring (bicyclic) bond motifs is 1. The molecule has 2 fully saturated rings. The zero-order chi connectivity index (χ0) is 46.4. The first-order valence-corrected chi connectivity index (χ1v) is 23.0. The minimum absolute atomic E-state index is 0.0256. The van der Waals surface area contributed by atoms with Gasteiger partial charge in [0.1, 0.15) is 22.9 Å². The molecule has 4 aliphatic rings. The van der Waals surface area contributed by atoms with Gasteiger partial charge in [0.2, 0.25) is 24.1 Å². The van der Waals surface area contributed by atoms with Gasteiger partial charge in [0.05, 0.1) is 17.9 Å². The molecule has 2 heterocycles. The van der Waals surface area contributed by atoms with Crippen LogP contribution in [-0.2, 0) is 34.9 Å². The van der Waals surface area contributed by atoms with Gasteiger partial charge < -0.3 is 30.7 Å². The van der Waals surface area contributed by atoms with Crippen LogP contribution in [0.1, 0.15) is 119 Å². The Labute approximate surface area is 367 Å². The lowest BCUT2D eigenvalue weighted by Crippen LogP contribution is -2.46. The van der Waals surface area contributed by atoms with Crippen molar-refractivity contribution < 1.29 is 42.4 Å². The molecular weight excluding hydrogens is 802 g/mol. The predicted octanol–water partition coefficient (Wildman–Crippen LogP) is 7.84. The summed E-state index contributed by atoms with van der Waals surface area (Å²) in [5.74, 6) is -0.490. The van der Waals surface area contributed by atoms with Crippen molar-refractivity contribution >= 4 is 41.2 Å². The van der Waals surface area contributed by atoms with E-state index < -0.39 is 34.9 Å². The predicted molar refractivity (Wildman–Crippen MR) is 244 cm³/mol. The molecule has 5 amide bonds. The largest absolute Gasteiger partial charge is 0.465 e. The summed E-state index contributed by atoms with van der Waals surface area (Å²) < 4.78 is 32.9. The number of halogens is 1. The van der Waals surface area contributed by atoms with Gasteiger partial charge in [-0.2, -0.15) is 0 Å². The Morgan fingerprint density at radius 1 is 1.11 bits per heavy atom. The first kappa shape index (κ1) is 56.6. The van der Waals surface area contributed by atoms with E-state index in [4.69, 9.17) is 15.6 Å². The van der Waals surface area contributed by atoms with Crippen LogP contribution >= 0.6 is 0 Å². The number of carboxylic acid groups (broad SMARTS) is 1. The average Bonchev–Trinajstić information content (AvgIpc) is 3.87. The summed E-state index contributed by atoms with van der Waals surface area (Å²) in [6.45, 7) is 19.0. The molecule has 346 valence electrons. The molecule has 5 N–H and O–H groups in total. The number of rotatable bonds is 18. The number of hydrogen-bond donors (Lipinski definition) is 4. The van der Waals surface area contributed by atoms with Crippen LogP contribution in [0.5, 0.6) is 0 Å². The first-order valence-electron chi connectivity index (χ1n) is 21.7. The van der Waals surface area contributed by atoms with Crippen molar-refractivity contribution in [1.82, 2.24) is 19.8 Å². The molecule has 4 rings (SSSR count). The number of ether oxygens (including phenoxy) is 1. The molecule has 61 heavy (non-hydrogen) atoms. The Morgan fingerprint density at radius 2 is 1.77 bits per heavy atom. The number of unbranched alkanes of at least 4 members (excludes halogenated alkanes) is 5. The number of methoxy groups -OCH3 is 1. The van der Waals surface area contributed by atoms with Gasteiger partial charge in [-0.25, -0.2) is 13.4 Å². The summed E-state index contributed by atoms with van der Waals surface area (Å²) >= 11 is 0. The highest BCUT2D eigenvalue weighted by Gasteiger charge is 2.42. The van der Waals surface area contributed by atoms with E-state index in [9.17, 15) is 32.6 Å². The van der Waals surface area contributed by atoms with E-state index in [1.165, 1.54) is 54.4 Å². The van der Waals surface area contributed by atoms with E-state index in [1.54, 1.807) is 31.4 Å². The average molecular weight is 878 g/mol. The van der Waals surface area contributed by atoms with Crippen LogP contribution in [-0.4, -0.2) is 100 Å². The standard InChI is InChI=1S/C21H35NO2S.C10H10FNO2.C8H13N3O3.C5H12O.C2H6/c1-4-7-9-10-11-12-14-19-17-20(19)21(23)22-25(24)16-15-18(6-3)13-8-5-2;11-9-3-1-2-7-4-8(9)6-12(5-7)10(13)14;9-8(14)6-2-1-3-11(6)7(13)4-10-5-12;1-5(2,3)6-4;1-2/h5,8,13,15,19-20H,2,4,6-7,9-12,14,16-17H2,1,3H3,(H,22,23);1-4,8H,5-6H2,(H,13,14);5-6H,1-4H2,(H2,9,14)(H,10,12);1-4H3;1-2H3/b13-8-,18-15+;;;;. The van der Waals surface area contributed by atoms with E-state index in [0.717, 1.165) is 36.8 Å². The molecule has 2 aliphatic heterocycles. The van der Waals surface area contributed by atoms with Crippen molar-refractivity contribution in [3.63, 3.8) is 0 Å². The molecule has 2 aliphatic carbocycles. The maximum atomic E-state index is 13.3. The van der Waals surface area contributed by atoms with Crippen LogP contribution in [0, 0.1) is 17.8 Å². The number of amides is 5. The molecular formula is C46H76FN5O8S. The zero-order valence-corrected chi connectivity index (χ0v) is 38.9. The third kappa shape index (κ3) is 25.2. The Morgan fingerprint density at radius 3 is 2.34 bits per heavy atom. The van der Waals surface area contributed by atoms with Crippen molar-refractivity contribution in [1.29, 1.82) is 0 Å². The second-order valence-corrected chi connectivity index (χ2v) is 17.0.